The van der Waals surface area contributed by atoms with Crippen molar-refractivity contribution in [1.82, 2.24) is 14.8 Å². The fourth-order valence-corrected chi connectivity index (χ4v) is 6.01. The predicted molar refractivity (Wildman–Crippen MR) is 114 cm³/mol. The first kappa shape index (κ1) is 20.0. The van der Waals surface area contributed by atoms with Crippen molar-refractivity contribution >= 4 is 17.7 Å². The molecule has 5 nitrogen and oxygen atoms in total. The number of hydrogen-bond donors (Lipinski definition) is 0. The lowest BCUT2D eigenvalue weighted by molar-refractivity contribution is -0.130. The zero-order chi connectivity index (χ0) is 19.2. The number of ether oxygens (including phenoxy) is 1. The Morgan fingerprint density at radius 2 is 1.68 bits per heavy atom. The summed E-state index contributed by atoms with van der Waals surface area (Å²) in [5.41, 5.74) is 0. The molecule has 2 aliphatic heterocycles. The van der Waals surface area contributed by atoms with Crippen LogP contribution in [0.25, 0.3) is 0 Å². The third-order valence-corrected chi connectivity index (χ3v) is 7.86. The molecule has 0 atom stereocenters. The maximum Gasteiger partial charge on any atom is 0.232 e. The normalized spacial score (nSPS) is 23.2. The Morgan fingerprint density at radius 3 is 2.36 bits per heavy atom. The van der Waals surface area contributed by atoms with Crippen LogP contribution in [0, 0.1) is 0 Å². The molecule has 0 aromatic carbocycles. The molecule has 1 aromatic rings. The average molecular weight is 404 g/mol. The highest BCUT2D eigenvalue weighted by molar-refractivity contribution is 8.00. The van der Waals surface area contributed by atoms with Gasteiger partial charge in [-0.25, -0.2) is 0 Å². The summed E-state index contributed by atoms with van der Waals surface area (Å²) in [7, 11) is 0. The molecule has 3 aliphatic rings. The van der Waals surface area contributed by atoms with Crippen molar-refractivity contribution in [2.24, 2.45) is 0 Å². The Labute approximate surface area is 173 Å². The molecule has 28 heavy (non-hydrogen) atoms. The molecule has 1 amide bonds. The van der Waals surface area contributed by atoms with Crippen LogP contribution in [-0.2, 0) is 4.79 Å². The van der Waals surface area contributed by atoms with Crippen LogP contribution in [-0.4, -0.2) is 70.0 Å². The summed E-state index contributed by atoms with van der Waals surface area (Å²) in [4.78, 5) is 21.3. The van der Waals surface area contributed by atoms with Crippen molar-refractivity contribution in [3.8, 4) is 5.75 Å². The highest BCUT2D eigenvalue weighted by atomic mass is 32.2. The third kappa shape index (κ3) is 5.41. The fraction of sp³-hybridized carbons (Fsp3) is 0.727. The highest BCUT2D eigenvalue weighted by Gasteiger charge is 2.30. The van der Waals surface area contributed by atoms with Gasteiger partial charge in [0.25, 0.3) is 0 Å². The molecule has 2 saturated heterocycles. The lowest BCUT2D eigenvalue weighted by Crippen LogP contribution is -2.50. The van der Waals surface area contributed by atoms with Crippen LogP contribution >= 0.6 is 11.8 Å². The Balaban J connectivity index is 1.15. The van der Waals surface area contributed by atoms with Gasteiger partial charge in [-0.3, -0.25) is 14.7 Å². The van der Waals surface area contributed by atoms with E-state index in [1.165, 1.54) is 25.7 Å². The van der Waals surface area contributed by atoms with Gasteiger partial charge in [0.05, 0.1) is 5.75 Å². The van der Waals surface area contributed by atoms with E-state index < -0.39 is 0 Å². The summed E-state index contributed by atoms with van der Waals surface area (Å²) >= 11 is 1.90. The molecule has 154 valence electrons. The number of nitrogens with zero attached hydrogens (tertiary/aromatic N) is 3. The van der Waals surface area contributed by atoms with Gasteiger partial charge in [0.15, 0.2) is 0 Å². The molecule has 4 rings (SSSR count). The summed E-state index contributed by atoms with van der Waals surface area (Å²) in [6.45, 7) is 4.07. The number of carbonyl (C=O) groups excluding carboxylic acids is 1. The number of pyridine rings is 1. The summed E-state index contributed by atoms with van der Waals surface area (Å²) in [5, 5.41) is 0.733. The second-order valence-electron chi connectivity index (χ2n) is 8.37. The minimum atomic E-state index is 0.313. The summed E-state index contributed by atoms with van der Waals surface area (Å²) in [6, 6.07) is 4.50. The Bertz CT molecular complexity index is 607. The molecule has 0 radical (unpaired) electrons. The number of thioether (sulfide) groups is 1. The first-order valence-electron chi connectivity index (χ1n) is 11.0. The van der Waals surface area contributed by atoms with E-state index in [0.717, 1.165) is 62.9 Å². The van der Waals surface area contributed by atoms with Crippen molar-refractivity contribution in [2.75, 3.05) is 31.9 Å². The number of hydrogen-bond acceptors (Lipinski definition) is 5. The molecule has 6 heteroatoms. The van der Waals surface area contributed by atoms with E-state index in [4.69, 9.17) is 4.74 Å². The number of rotatable bonds is 6. The first-order valence-corrected chi connectivity index (χ1v) is 12.0. The Kier molecular flexibility index (Phi) is 7.13. The molecule has 0 unspecified atom stereocenters. The van der Waals surface area contributed by atoms with Gasteiger partial charge in [0.2, 0.25) is 5.91 Å². The maximum absolute atomic E-state index is 12.5. The van der Waals surface area contributed by atoms with Gasteiger partial charge >= 0.3 is 0 Å². The van der Waals surface area contributed by atoms with E-state index in [9.17, 15) is 4.79 Å². The number of aromatic nitrogens is 1. The van der Waals surface area contributed by atoms with Gasteiger partial charge in [-0.2, -0.15) is 0 Å². The van der Waals surface area contributed by atoms with E-state index in [0.29, 0.717) is 23.8 Å². The predicted octanol–water partition coefficient (Wildman–Crippen LogP) is 3.59. The van der Waals surface area contributed by atoms with Crippen LogP contribution in [0.5, 0.6) is 5.75 Å². The van der Waals surface area contributed by atoms with Gasteiger partial charge in [-0.1, -0.05) is 12.8 Å². The van der Waals surface area contributed by atoms with Crippen LogP contribution in [0.3, 0.4) is 0 Å². The second-order valence-corrected chi connectivity index (χ2v) is 9.65. The standard InChI is InChI=1S/C22H33N3O2S/c26-22(17-28-21-3-1-2-4-21)25-13-7-18(8-14-25)24-15-9-20(10-16-24)27-19-5-11-23-12-6-19/h5-6,11-12,18,20-21H,1-4,7-10,13-17H2. The van der Waals surface area contributed by atoms with Crippen molar-refractivity contribution < 1.29 is 9.53 Å². The van der Waals surface area contributed by atoms with Crippen LogP contribution in [0.1, 0.15) is 51.4 Å². The first-order chi connectivity index (χ1) is 13.8. The summed E-state index contributed by atoms with van der Waals surface area (Å²) in [6.07, 6.45) is 13.6. The highest BCUT2D eigenvalue weighted by Crippen LogP contribution is 2.30. The molecule has 0 spiro atoms. The SMILES string of the molecule is O=C(CSC1CCCC1)N1CCC(N2CCC(Oc3ccncc3)CC2)CC1. The molecular weight excluding hydrogens is 370 g/mol. The molecule has 3 fully saturated rings. The van der Waals surface area contributed by atoms with Gasteiger partial charge in [-0.15, -0.1) is 11.8 Å². The topological polar surface area (TPSA) is 45.7 Å². The molecule has 3 heterocycles. The zero-order valence-electron chi connectivity index (χ0n) is 16.8. The van der Waals surface area contributed by atoms with E-state index in [-0.39, 0.29) is 0 Å². The summed E-state index contributed by atoms with van der Waals surface area (Å²) in [5.74, 6) is 1.98. The van der Waals surface area contributed by atoms with Gasteiger partial charge in [-0.05, 0) is 50.7 Å². The molecule has 1 aromatic heterocycles. The minimum Gasteiger partial charge on any atom is -0.490 e. The second kappa shape index (κ2) is 9.97. The van der Waals surface area contributed by atoms with E-state index in [1.54, 1.807) is 12.4 Å². The quantitative estimate of drug-likeness (QED) is 0.726. The van der Waals surface area contributed by atoms with E-state index in [2.05, 4.69) is 14.8 Å². The molecular formula is C22H33N3O2S. The molecule has 0 N–H and O–H groups in total. The Morgan fingerprint density at radius 1 is 1.00 bits per heavy atom. The van der Waals surface area contributed by atoms with Crippen LogP contribution in [0.2, 0.25) is 0 Å². The summed E-state index contributed by atoms with van der Waals surface area (Å²) < 4.78 is 6.09. The molecule has 1 aliphatic carbocycles. The monoisotopic (exact) mass is 403 g/mol. The average Bonchev–Trinajstić information content (AvgIpc) is 3.27. The van der Waals surface area contributed by atoms with E-state index >= 15 is 0 Å². The largest absolute Gasteiger partial charge is 0.490 e. The van der Waals surface area contributed by atoms with Crippen molar-refractivity contribution in [1.29, 1.82) is 0 Å². The van der Waals surface area contributed by atoms with Crippen molar-refractivity contribution in [3.63, 3.8) is 0 Å². The van der Waals surface area contributed by atoms with Crippen molar-refractivity contribution in [3.05, 3.63) is 24.5 Å². The number of likely N-dealkylation sites (tertiary alicyclic amines) is 2. The minimum absolute atomic E-state index is 0.313. The van der Waals surface area contributed by atoms with Crippen molar-refractivity contribution in [2.45, 2.75) is 68.8 Å². The lowest BCUT2D eigenvalue weighted by Gasteiger charge is -2.41. The smallest absolute Gasteiger partial charge is 0.232 e. The van der Waals surface area contributed by atoms with Gasteiger partial charge in [0.1, 0.15) is 11.9 Å². The number of piperidine rings is 2. The third-order valence-electron chi connectivity index (χ3n) is 6.51. The zero-order valence-corrected chi connectivity index (χ0v) is 17.6. The number of carbonyl (C=O) groups is 1. The van der Waals surface area contributed by atoms with Crippen LogP contribution in [0.4, 0.5) is 0 Å². The fourth-order valence-electron chi connectivity index (χ4n) is 4.78. The van der Waals surface area contributed by atoms with Crippen LogP contribution in [0.15, 0.2) is 24.5 Å². The van der Waals surface area contributed by atoms with E-state index in [1.807, 2.05) is 23.9 Å². The van der Waals surface area contributed by atoms with Crippen LogP contribution < -0.4 is 4.74 Å². The maximum atomic E-state index is 12.5. The molecule has 0 bridgehead atoms. The molecule has 1 saturated carbocycles. The number of amides is 1. The Hall–Kier alpha value is -1.27. The lowest BCUT2D eigenvalue weighted by atomic mass is 9.99. The van der Waals surface area contributed by atoms with Gasteiger partial charge in [0, 0.05) is 49.9 Å². The van der Waals surface area contributed by atoms with Gasteiger partial charge < -0.3 is 9.64 Å².